The van der Waals surface area contributed by atoms with Crippen LogP contribution in [0.1, 0.15) is 39.0 Å². The zero-order chi connectivity index (χ0) is 17.9. The molecule has 3 spiro atoms. The van der Waals surface area contributed by atoms with Crippen molar-refractivity contribution in [2.24, 2.45) is 39.9 Å². The van der Waals surface area contributed by atoms with Gasteiger partial charge in [0.25, 0.3) is 0 Å². The van der Waals surface area contributed by atoms with Crippen LogP contribution in [0.3, 0.4) is 0 Å². The lowest BCUT2D eigenvalue weighted by atomic mass is 9.38. The molecule has 2 heterocycles. The summed E-state index contributed by atoms with van der Waals surface area (Å²) in [5, 5.41) is 34.0. The lowest BCUT2D eigenvalue weighted by Gasteiger charge is -2.69. The smallest absolute Gasteiger partial charge is 0.123 e. The zero-order valence-corrected chi connectivity index (χ0v) is 15.8. The quantitative estimate of drug-likeness (QED) is 0.552. The van der Waals surface area contributed by atoms with Crippen molar-refractivity contribution < 1.29 is 20.1 Å². The Bertz CT molecular complexity index is 710. The molecule has 0 aromatic heterocycles. The summed E-state index contributed by atoms with van der Waals surface area (Å²) >= 11 is 0. The Kier molecular flexibility index (Phi) is 2.45. The summed E-state index contributed by atoms with van der Waals surface area (Å²) in [6, 6.07) is 0.357. The van der Waals surface area contributed by atoms with Crippen LogP contribution in [0.15, 0.2) is 0 Å². The molecular formula is C21H31NO4. The predicted octanol–water partition coefficient (Wildman–Crippen LogP) is 0.614. The van der Waals surface area contributed by atoms with Crippen LogP contribution in [-0.4, -0.2) is 70.4 Å². The maximum absolute atomic E-state index is 11.6. The van der Waals surface area contributed by atoms with E-state index >= 15 is 0 Å². The maximum atomic E-state index is 11.6. The molecule has 12 atom stereocenters. The van der Waals surface area contributed by atoms with E-state index in [-0.39, 0.29) is 34.4 Å². The van der Waals surface area contributed by atoms with Gasteiger partial charge < -0.3 is 25.0 Å². The fraction of sp³-hybridized carbons (Fsp3) is 1.00. The van der Waals surface area contributed by atoms with Crippen molar-refractivity contribution in [3.05, 3.63) is 0 Å². The van der Waals surface area contributed by atoms with Gasteiger partial charge in [-0.2, -0.15) is 0 Å². The molecule has 0 aromatic carbocycles. The highest BCUT2D eigenvalue weighted by Crippen LogP contribution is 2.84. The molecule has 2 aliphatic heterocycles. The molecular weight excluding hydrogens is 330 g/mol. The van der Waals surface area contributed by atoms with Gasteiger partial charge in [-0.25, -0.2) is 0 Å². The minimum atomic E-state index is -0.481. The number of aliphatic hydroxyl groups excluding tert-OH is 3. The van der Waals surface area contributed by atoms with Crippen LogP contribution >= 0.6 is 0 Å². The number of ether oxygens (including phenoxy) is 1. The van der Waals surface area contributed by atoms with E-state index in [0.29, 0.717) is 36.8 Å². The molecule has 26 heavy (non-hydrogen) atoms. The molecule has 2 saturated heterocycles. The van der Waals surface area contributed by atoms with E-state index in [1.54, 1.807) is 0 Å². The molecule has 5 nitrogen and oxygen atoms in total. The molecule has 0 aromatic rings. The summed E-state index contributed by atoms with van der Waals surface area (Å²) in [5.74, 6) is 1.33. The van der Waals surface area contributed by atoms with E-state index in [1.807, 2.05) is 0 Å². The first-order chi connectivity index (χ1) is 12.3. The fourth-order valence-corrected chi connectivity index (χ4v) is 10.6. The van der Waals surface area contributed by atoms with Gasteiger partial charge in [-0.05, 0) is 62.3 Å². The van der Waals surface area contributed by atoms with Crippen molar-refractivity contribution in [1.82, 2.24) is 4.90 Å². The van der Waals surface area contributed by atoms with Gasteiger partial charge in [0, 0.05) is 29.3 Å². The van der Waals surface area contributed by atoms with E-state index in [1.165, 1.54) is 0 Å². The summed E-state index contributed by atoms with van der Waals surface area (Å²) in [7, 11) is 2.25. The van der Waals surface area contributed by atoms with Crippen molar-refractivity contribution in [2.75, 3.05) is 20.2 Å². The van der Waals surface area contributed by atoms with Crippen LogP contribution in [0.4, 0.5) is 0 Å². The second-order valence-electron chi connectivity index (χ2n) is 11.4. The summed E-state index contributed by atoms with van der Waals surface area (Å²) in [4.78, 5) is 2.54. The van der Waals surface area contributed by atoms with Crippen molar-refractivity contribution in [1.29, 1.82) is 0 Å². The Hall–Kier alpha value is -0.200. The van der Waals surface area contributed by atoms with Gasteiger partial charge in [-0.15, -0.1) is 0 Å². The monoisotopic (exact) mass is 361 g/mol. The molecule has 7 bridgehead atoms. The van der Waals surface area contributed by atoms with Crippen molar-refractivity contribution >= 4 is 0 Å². The lowest BCUT2D eigenvalue weighted by Crippen LogP contribution is -2.73. The number of hydrogen-bond acceptors (Lipinski definition) is 5. The van der Waals surface area contributed by atoms with Crippen LogP contribution in [0.5, 0.6) is 0 Å². The Morgan fingerprint density at radius 3 is 2.54 bits per heavy atom. The number of nitrogens with zero attached hydrogens (tertiary/aromatic N) is 1. The molecule has 6 aliphatic carbocycles. The average molecular weight is 361 g/mol. The Labute approximate surface area is 154 Å². The van der Waals surface area contributed by atoms with E-state index in [9.17, 15) is 15.3 Å². The first-order valence-corrected chi connectivity index (χ1v) is 10.7. The Balaban J connectivity index is 1.48. The van der Waals surface area contributed by atoms with Crippen molar-refractivity contribution in [3.63, 3.8) is 0 Å². The second-order valence-corrected chi connectivity index (χ2v) is 11.4. The number of rotatable bonds is 0. The van der Waals surface area contributed by atoms with E-state index in [4.69, 9.17) is 4.74 Å². The van der Waals surface area contributed by atoms with Gasteiger partial charge in [0.05, 0.1) is 24.9 Å². The molecule has 0 amide bonds. The maximum Gasteiger partial charge on any atom is 0.123 e. The fourth-order valence-electron chi connectivity index (χ4n) is 10.6. The first-order valence-electron chi connectivity index (χ1n) is 10.7. The van der Waals surface area contributed by atoms with E-state index in [2.05, 4.69) is 18.9 Å². The zero-order valence-electron chi connectivity index (χ0n) is 15.8. The number of likely N-dealkylation sites (tertiary alicyclic amines) is 1. The SMILES string of the molecule is CN1C[C@]2(C)CC[C@H](O)[C@]34C1[C@H](C[C@H]23)[C@@]12CC(O)[C@@H](CC14)[C@@]1(CO1)[C@H]2O. The molecule has 6 saturated carbocycles. The van der Waals surface area contributed by atoms with Gasteiger partial charge >= 0.3 is 0 Å². The molecule has 8 rings (SSSR count). The molecule has 144 valence electrons. The largest absolute Gasteiger partial charge is 0.393 e. The molecule has 3 N–H and O–H groups in total. The first kappa shape index (κ1) is 15.7. The highest BCUT2D eigenvalue weighted by atomic mass is 16.6. The third-order valence-corrected chi connectivity index (χ3v) is 11.0. The standard InChI is InChI=1S/C21H31NO4/c1-18-4-3-15(24)21-13(18)6-11(16(21)22(2)8-18)19-7-12(23)10(5-14(19)21)20(9-26-20)17(19)25/h10-17,23-25H,3-9H2,1-2H3/t10-,11+,12?,13-,14?,15+,16?,17+,18+,19+,20+,21+/m1/s1. The molecule has 8 aliphatic rings. The summed E-state index contributed by atoms with van der Waals surface area (Å²) < 4.78 is 5.86. The molecule has 0 radical (unpaired) electrons. The predicted molar refractivity (Wildman–Crippen MR) is 93.1 cm³/mol. The van der Waals surface area contributed by atoms with Crippen LogP contribution in [0.2, 0.25) is 0 Å². The van der Waals surface area contributed by atoms with Gasteiger partial charge in [0.15, 0.2) is 0 Å². The van der Waals surface area contributed by atoms with Crippen LogP contribution in [0.25, 0.3) is 0 Å². The van der Waals surface area contributed by atoms with Crippen LogP contribution in [-0.2, 0) is 4.74 Å². The third kappa shape index (κ3) is 1.22. The van der Waals surface area contributed by atoms with Crippen LogP contribution < -0.4 is 0 Å². The summed E-state index contributed by atoms with van der Waals surface area (Å²) in [6.45, 7) is 4.16. The number of piperidine rings is 1. The summed E-state index contributed by atoms with van der Waals surface area (Å²) in [6.07, 6.45) is 3.69. The minimum Gasteiger partial charge on any atom is -0.393 e. The highest BCUT2D eigenvalue weighted by molar-refractivity contribution is 5.37. The average Bonchev–Trinajstić information content (AvgIpc) is 3.24. The van der Waals surface area contributed by atoms with Crippen molar-refractivity contribution in [3.8, 4) is 0 Å². The Morgan fingerprint density at radius 2 is 1.81 bits per heavy atom. The molecule has 8 fully saturated rings. The Morgan fingerprint density at radius 1 is 1.08 bits per heavy atom. The number of hydrogen-bond donors (Lipinski definition) is 3. The van der Waals surface area contributed by atoms with E-state index < -0.39 is 11.7 Å². The molecule has 3 unspecified atom stereocenters. The van der Waals surface area contributed by atoms with Crippen molar-refractivity contribution in [2.45, 2.75) is 69.0 Å². The lowest BCUT2D eigenvalue weighted by molar-refractivity contribution is -0.271. The van der Waals surface area contributed by atoms with Gasteiger partial charge in [-0.1, -0.05) is 6.92 Å². The van der Waals surface area contributed by atoms with E-state index in [0.717, 1.165) is 32.2 Å². The molecule has 5 heteroatoms. The highest BCUT2D eigenvalue weighted by Gasteiger charge is 2.88. The van der Waals surface area contributed by atoms with Gasteiger partial charge in [0.1, 0.15) is 5.60 Å². The topological polar surface area (TPSA) is 76.5 Å². The van der Waals surface area contributed by atoms with Crippen LogP contribution in [0, 0.1) is 39.9 Å². The number of aliphatic hydroxyl groups is 3. The minimum absolute atomic E-state index is 0.0458. The van der Waals surface area contributed by atoms with Gasteiger partial charge in [-0.3, -0.25) is 0 Å². The number of fused-ring (bicyclic) bond motifs is 1. The third-order valence-electron chi connectivity index (χ3n) is 11.0. The number of epoxide rings is 1. The second kappa shape index (κ2) is 4.06. The summed E-state index contributed by atoms with van der Waals surface area (Å²) in [5.41, 5.74) is -0.538. The van der Waals surface area contributed by atoms with Gasteiger partial charge in [0.2, 0.25) is 0 Å². The normalized spacial score (nSPS) is 72.8.